The molecular formula is C9H15NO2. The highest BCUT2D eigenvalue weighted by molar-refractivity contribution is 5.77. The van der Waals surface area contributed by atoms with Crippen LogP contribution in [0.2, 0.25) is 0 Å². The van der Waals surface area contributed by atoms with Crippen molar-refractivity contribution in [3.63, 3.8) is 0 Å². The Bertz CT molecular complexity index is 362. The number of ether oxygens (including phenoxy) is 1. The lowest BCUT2D eigenvalue weighted by Gasteiger charge is -2.16. The third kappa shape index (κ3) is 0.829. The molecule has 1 saturated heterocycles. The summed E-state index contributed by atoms with van der Waals surface area (Å²) in [6, 6.07) is -0.833. The smallest absolute Gasteiger partial charge is 0.323 e. The first kappa shape index (κ1) is 3.66. The average Bonchev–Trinajstić information content (AvgIpc) is 2.72. The maximum atomic E-state index is 11.5. The molecule has 0 aromatic heterocycles. The Morgan fingerprint density at radius 3 is 3.00 bits per heavy atom. The fraction of sp³-hybridized carbons (Fsp3) is 0.889. The lowest BCUT2D eigenvalue weighted by Crippen LogP contribution is -2.38. The number of hydrogen-bond acceptors (Lipinski definition) is 3. The molecule has 0 aromatic rings. The Hall–Kier alpha value is -0.570. The lowest BCUT2D eigenvalue weighted by atomic mass is 10.0. The highest BCUT2D eigenvalue weighted by atomic mass is 16.5. The first-order chi connectivity index (χ1) is 8.09. The van der Waals surface area contributed by atoms with Crippen LogP contribution in [-0.4, -0.2) is 25.7 Å². The molecule has 2 fully saturated rings. The summed E-state index contributed by atoms with van der Waals surface area (Å²) >= 11 is 0. The van der Waals surface area contributed by atoms with Gasteiger partial charge in [-0.2, -0.15) is 0 Å². The zero-order valence-corrected chi connectivity index (χ0v) is 6.76. The van der Waals surface area contributed by atoms with E-state index < -0.39 is 43.0 Å². The topological polar surface area (TPSA) is 38.3 Å². The number of methoxy groups -OCH3 is 1. The van der Waals surface area contributed by atoms with Gasteiger partial charge in [0.25, 0.3) is 0 Å². The molecule has 0 unspecified atom stereocenters. The van der Waals surface area contributed by atoms with Gasteiger partial charge in [-0.15, -0.1) is 0 Å². The second-order valence-corrected chi connectivity index (χ2v) is 3.41. The summed E-state index contributed by atoms with van der Waals surface area (Å²) in [5.74, 6) is -1.83. The molecular weight excluding hydrogens is 154 g/mol. The summed E-state index contributed by atoms with van der Waals surface area (Å²) in [6.07, 6.45) is 0. The largest absolute Gasteiger partial charge is 0.468 e. The van der Waals surface area contributed by atoms with Gasteiger partial charge < -0.3 is 10.1 Å². The lowest BCUT2D eigenvalue weighted by molar-refractivity contribution is -0.143. The fourth-order valence-electron chi connectivity index (χ4n) is 2.01. The van der Waals surface area contributed by atoms with Crippen LogP contribution in [-0.2, 0) is 9.53 Å². The molecule has 3 nitrogen and oxygen atoms in total. The Morgan fingerprint density at radius 1 is 1.75 bits per heavy atom. The van der Waals surface area contributed by atoms with Crippen molar-refractivity contribution in [3.8, 4) is 0 Å². The predicted molar refractivity (Wildman–Crippen MR) is 44.6 cm³/mol. The maximum Gasteiger partial charge on any atom is 0.323 e. The maximum absolute atomic E-state index is 11.5. The standard InChI is InChI=1S/C9H15NO2/c1-9(2)5-4-10-7(6(5)9)8(11)12-3/h5-7,10H,4H2,1-3H3/t5-,6+,7-/m0/s1/i1D3,2D3. The number of rotatable bonds is 1. The van der Waals surface area contributed by atoms with Crippen molar-refractivity contribution in [2.75, 3.05) is 13.7 Å². The zero-order chi connectivity index (χ0) is 13.9. The van der Waals surface area contributed by atoms with E-state index in [-0.39, 0.29) is 6.54 Å². The molecule has 0 radical (unpaired) electrons. The molecule has 0 bridgehead atoms. The number of carbonyl (C=O) groups is 1. The second-order valence-electron chi connectivity index (χ2n) is 3.41. The van der Waals surface area contributed by atoms with Crippen LogP contribution in [0.5, 0.6) is 0 Å². The average molecular weight is 175 g/mol. The van der Waals surface area contributed by atoms with Crippen LogP contribution in [0.4, 0.5) is 0 Å². The van der Waals surface area contributed by atoms with E-state index in [1.165, 1.54) is 7.11 Å². The van der Waals surface area contributed by atoms with Gasteiger partial charge in [0, 0.05) is 8.22 Å². The third-order valence-corrected chi connectivity index (χ3v) is 2.81. The molecule has 1 heterocycles. The Kier molecular flexibility index (Phi) is 0.678. The summed E-state index contributed by atoms with van der Waals surface area (Å²) in [7, 11) is 1.20. The molecule has 2 rings (SSSR count). The molecule has 12 heavy (non-hydrogen) atoms. The van der Waals surface area contributed by atoms with Crippen LogP contribution >= 0.6 is 0 Å². The van der Waals surface area contributed by atoms with Gasteiger partial charge >= 0.3 is 5.97 Å². The van der Waals surface area contributed by atoms with Crippen molar-refractivity contribution in [2.45, 2.75) is 19.7 Å². The zero-order valence-electron chi connectivity index (χ0n) is 12.8. The van der Waals surface area contributed by atoms with E-state index in [1.54, 1.807) is 0 Å². The fourth-order valence-corrected chi connectivity index (χ4v) is 2.01. The number of carbonyl (C=O) groups excluding carboxylic acids is 1. The first-order valence-corrected chi connectivity index (χ1v) is 3.90. The third-order valence-electron chi connectivity index (χ3n) is 2.81. The number of fused-ring (bicyclic) bond motifs is 1. The van der Waals surface area contributed by atoms with Crippen molar-refractivity contribution in [3.05, 3.63) is 0 Å². The monoisotopic (exact) mass is 175 g/mol. The van der Waals surface area contributed by atoms with E-state index in [4.69, 9.17) is 8.22 Å². The van der Waals surface area contributed by atoms with Crippen molar-refractivity contribution >= 4 is 5.97 Å². The Labute approximate surface area is 80.9 Å². The molecule has 2 aliphatic rings. The van der Waals surface area contributed by atoms with Crippen LogP contribution < -0.4 is 5.32 Å². The SMILES string of the molecule is [2H]C([2H])([2H])C1(C([2H])([2H])[2H])[C@H]2[C@@H](C(=O)OC)NC[C@@H]21. The van der Waals surface area contributed by atoms with Crippen LogP contribution in [0, 0.1) is 17.3 Å². The van der Waals surface area contributed by atoms with Crippen LogP contribution in [0.25, 0.3) is 0 Å². The predicted octanol–water partition coefficient (Wildman–Crippen LogP) is 0.403. The molecule has 1 aliphatic heterocycles. The van der Waals surface area contributed by atoms with E-state index in [9.17, 15) is 4.79 Å². The van der Waals surface area contributed by atoms with Crippen molar-refractivity contribution in [1.29, 1.82) is 0 Å². The van der Waals surface area contributed by atoms with Crippen LogP contribution in [0.1, 0.15) is 21.9 Å². The summed E-state index contributed by atoms with van der Waals surface area (Å²) in [5.41, 5.74) is -1.77. The number of nitrogens with one attached hydrogen (secondary N) is 1. The quantitative estimate of drug-likeness (QED) is 0.586. The number of esters is 1. The van der Waals surface area contributed by atoms with Crippen LogP contribution in [0.3, 0.4) is 0 Å². The van der Waals surface area contributed by atoms with Gasteiger partial charge in [0.1, 0.15) is 6.04 Å². The van der Waals surface area contributed by atoms with E-state index in [2.05, 4.69) is 10.1 Å². The summed E-state index contributed by atoms with van der Waals surface area (Å²) in [6.45, 7) is -4.99. The summed E-state index contributed by atoms with van der Waals surface area (Å²) in [5, 5.41) is 2.83. The molecule has 1 N–H and O–H groups in total. The van der Waals surface area contributed by atoms with Gasteiger partial charge in [0.2, 0.25) is 0 Å². The van der Waals surface area contributed by atoms with E-state index in [1.807, 2.05) is 0 Å². The number of piperidine rings is 1. The molecule has 1 aliphatic carbocycles. The summed E-state index contributed by atoms with van der Waals surface area (Å²) < 4.78 is 49.8. The molecule has 0 spiro atoms. The van der Waals surface area contributed by atoms with Gasteiger partial charge in [-0.05, 0) is 23.8 Å². The Balaban J connectivity index is 2.37. The molecule has 3 heteroatoms. The normalized spacial score (nSPS) is 51.6. The highest BCUT2D eigenvalue weighted by Gasteiger charge is 2.66. The van der Waals surface area contributed by atoms with Crippen molar-refractivity contribution < 1.29 is 17.8 Å². The molecule has 0 amide bonds. The second kappa shape index (κ2) is 2.22. The summed E-state index contributed by atoms with van der Waals surface area (Å²) in [4.78, 5) is 11.5. The van der Waals surface area contributed by atoms with Gasteiger partial charge in [-0.1, -0.05) is 13.7 Å². The van der Waals surface area contributed by atoms with E-state index in [0.717, 1.165) is 0 Å². The van der Waals surface area contributed by atoms with Crippen molar-refractivity contribution in [2.24, 2.45) is 17.3 Å². The molecule has 68 valence electrons. The minimum Gasteiger partial charge on any atom is -0.468 e. The van der Waals surface area contributed by atoms with E-state index in [0.29, 0.717) is 0 Å². The van der Waals surface area contributed by atoms with Gasteiger partial charge in [0.15, 0.2) is 0 Å². The molecule has 1 saturated carbocycles. The van der Waals surface area contributed by atoms with Crippen molar-refractivity contribution in [1.82, 2.24) is 5.32 Å². The molecule has 0 aromatic carbocycles. The Morgan fingerprint density at radius 2 is 2.50 bits per heavy atom. The highest BCUT2D eigenvalue weighted by Crippen LogP contribution is 2.62. The minimum absolute atomic E-state index is 0.223. The minimum atomic E-state index is -2.61. The molecule has 3 atom stereocenters. The van der Waals surface area contributed by atoms with Gasteiger partial charge in [-0.25, -0.2) is 0 Å². The number of hydrogen-bond donors (Lipinski definition) is 1. The van der Waals surface area contributed by atoms with Gasteiger partial charge in [0.05, 0.1) is 7.11 Å². The van der Waals surface area contributed by atoms with Crippen LogP contribution in [0.15, 0.2) is 0 Å². The van der Waals surface area contributed by atoms with Gasteiger partial charge in [-0.3, -0.25) is 4.79 Å². The first-order valence-electron chi connectivity index (χ1n) is 6.90. The van der Waals surface area contributed by atoms with E-state index >= 15 is 0 Å².